The Labute approximate surface area is 179 Å². The van der Waals surface area contributed by atoms with Gasteiger partial charge in [0.15, 0.2) is 0 Å². The molecular formula is C18H32N4O7S. The normalized spacial score (nSPS) is 14.7. The molecule has 0 fully saturated rings. The lowest BCUT2D eigenvalue weighted by molar-refractivity contribution is -0.143. The Kier molecular flexibility index (Phi) is 13.5. The van der Waals surface area contributed by atoms with E-state index in [2.05, 4.69) is 16.0 Å². The molecule has 172 valence electrons. The first-order chi connectivity index (χ1) is 14.1. The van der Waals surface area contributed by atoms with Gasteiger partial charge < -0.3 is 31.9 Å². The molecule has 0 spiro atoms. The lowest BCUT2D eigenvalue weighted by Gasteiger charge is -2.26. The molecule has 0 saturated carbocycles. The van der Waals surface area contributed by atoms with Gasteiger partial charge in [-0.2, -0.15) is 11.8 Å². The summed E-state index contributed by atoms with van der Waals surface area (Å²) < 4.78 is 0. The summed E-state index contributed by atoms with van der Waals surface area (Å²) in [7, 11) is 0. The van der Waals surface area contributed by atoms with Crippen molar-refractivity contribution in [2.75, 3.05) is 18.6 Å². The Balaban J connectivity index is 5.38. The topological polar surface area (TPSA) is 188 Å². The summed E-state index contributed by atoms with van der Waals surface area (Å²) in [4.78, 5) is 59.2. The molecule has 0 rings (SSSR count). The monoisotopic (exact) mass is 448 g/mol. The average molecular weight is 449 g/mol. The zero-order chi connectivity index (χ0) is 23.3. The number of rotatable bonds is 15. The largest absolute Gasteiger partial charge is 0.481 e. The number of nitrogens with two attached hydrogens (primary N) is 1. The van der Waals surface area contributed by atoms with Gasteiger partial charge in [0.2, 0.25) is 17.7 Å². The Bertz CT molecular complexity index is 617. The molecule has 0 bridgehead atoms. The van der Waals surface area contributed by atoms with Crippen molar-refractivity contribution in [3.05, 3.63) is 0 Å². The zero-order valence-corrected chi connectivity index (χ0v) is 18.3. The van der Waals surface area contributed by atoms with Gasteiger partial charge in [0, 0.05) is 6.42 Å². The van der Waals surface area contributed by atoms with Crippen molar-refractivity contribution in [2.24, 2.45) is 11.7 Å². The molecule has 0 radical (unpaired) electrons. The van der Waals surface area contributed by atoms with Crippen LogP contribution in [0.15, 0.2) is 0 Å². The predicted molar refractivity (Wildman–Crippen MR) is 112 cm³/mol. The van der Waals surface area contributed by atoms with E-state index in [0.717, 1.165) is 0 Å². The Morgan fingerprint density at radius 2 is 1.53 bits per heavy atom. The van der Waals surface area contributed by atoms with E-state index < -0.39 is 47.8 Å². The molecule has 0 aromatic carbocycles. The summed E-state index contributed by atoms with van der Waals surface area (Å²) in [6, 6.07) is -3.35. The van der Waals surface area contributed by atoms with Crippen molar-refractivity contribution >= 4 is 41.4 Å². The molecule has 0 aliphatic heterocycles. The van der Waals surface area contributed by atoms with Gasteiger partial charge >= 0.3 is 11.9 Å². The van der Waals surface area contributed by atoms with Crippen LogP contribution in [0.2, 0.25) is 0 Å². The van der Waals surface area contributed by atoms with E-state index in [9.17, 15) is 29.1 Å². The third kappa shape index (κ3) is 10.4. The minimum absolute atomic E-state index is 0.186. The molecule has 0 heterocycles. The van der Waals surface area contributed by atoms with E-state index in [1.54, 1.807) is 13.8 Å². The highest BCUT2D eigenvalue weighted by atomic mass is 32.2. The van der Waals surface area contributed by atoms with Gasteiger partial charge in [-0.3, -0.25) is 19.2 Å². The van der Waals surface area contributed by atoms with Gasteiger partial charge in [0.05, 0.1) is 6.54 Å². The van der Waals surface area contributed by atoms with Gasteiger partial charge in [0.25, 0.3) is 0 Å². The van der Waals surface area contributed by atoms with Gasteiger partial charge in [-0.05, 0) is 30.8 Å². The highest BCUT2D eigenvalue weighted by Gasteiger charge is 2.31. The summed E-state index contributed by atoms with van der Waals surface area (Å²) in [6.07, 6.45) is 2.00. The molecule has 0 saturated heterocycles. The van der Waals surface area contributed by atoms with Gasteiger partial charge in [0.1, 0.15) is 18.1 Å². The van der Waals surface area contributed by atoms with Crippen LogP contribution in [-0.2, 0) is 24.0 Å². The summed E-state index contributed by atoms with van der Waals surface area (Å²) in [5.74, 6) is -4.19. The lowest BCUT2D eigenvalue weighted by Crippen LogP contribution is -2.57. The van der Waals surface area contributed by atoms with Crippen LogP contribution in [0, 0.1) is 5.92 Å². The number of aliphatic carboxylic acids is 2. The second-order valence-corrected chi connectivity index (χ2v) is 7.79. The number of carbonyl (C=O) groups excluding carboxylic acids is 3. The maximum Gasteiger partial charge on any atom is 0.326 e. The van der Waals surface area contributed by atoms with E-state index >= 15 is 0 Å². The molecule has 12 heteroatoms. The van der Waals surface area contributed by atoms with E-state index in [4.69, 9.17) is 10.8 Å². The van der Waals surface area contributed by atoms with Crippen molar-refractivity contribution in [3.8, 4) is 0 Å². The number of hydrogen-bond donors (Lipinski definition) is 6. The molecule has 4 unspecified atom stereocenters. The Morgan fingerprint density at radius 1 is 0.967 bits per heavy atom. The van der Waals surface area contributed by atoms with Gasteiger partial charge in [-0.1, -0.05) is 20.3 Å². The molecule has 0 aliphatic carbocycles. The van der Waals surface area contributed by atoms with Gasteiger partial charge in [-0.15, -0.1) is 0 Å². The van der Waals surface area contributed by atoms with Crippen LogP contribution in [0.4, 0.5) is 0 Å². The molecule has 0 aromatic rings. The van der Waals surface area contributed by atoms with Crippen molar-refractivity contribution in [2.45, 2.75) is 57.7 Å². The Hall–Kier alpha value is -2.34. The van der Waals surface area contributed by atoms with Crippen molar-refractivity contribution in [1.82, 2.24) is 16.0 Å². The van der Waals surface area contributed by atoms with E-state index in [1.807, 2.05) is 6.26 Å². The Morgan fingerprint density at radius 3 is 2.00 bits per heavy atom. The maximum atomic E-state index is 12.7. The number of nitrogens with one attached hydrogen (secondary N) is 3. The second-order valence-electron chi connectivity index (χ2n) is 6.81. The third-order valence-corrected chi connectivity index (χ3v) is 5.15. The molecule has 0 aromatic heterocycles. The van der Waals surface area contributed by atoms with Crippen molar-refractivity contribution < 1.29 is 34.2 Å². The number of carbonyl (C=O) groups is 5. The zero-order valence-electron chi connectivity index (χ0n) is 17.5. The van der Waals surface area contributed by atoms with E-state index in [0.29, 0.717) is 12.2 Å². The standard InChI is InChI=1S/C18H32N4O7S/c1-4-10(2)15(18(28)29)22-17(27)12(7-8-30-3)21-16(26)11(5-6-14(24)25)20-13(23)9-19/h10-12,15H,4-9,19H2,1-3H3,(H,20,23)(H,21,26)(H,22,27)(H,24,25)(H,28,29). The SMILES string of the molecule is CCC(C)C(NC(=O)C(CCSC)NC(=O)C(CCC(=O)O)NC(=O)CN)C(=O)O. The summed E-state index contributed by atoms with van der Waals surface area (Å²) >= 11 is 1.44. The predicted octanol–water partition coefficient (Wildman–Crippen LogP) is -0.852. The number of thioether (sulfide) groups is 1. The van der Waals surface area contributed by atoms with Gasteiger partial charge in [-0.25, -0.2) is 4.79 Å². The fourth-order valence-corrected chi connectivity index (χ4v) is 2.98. The quantitative estimate of drug-likeness (QED) is 0.185. The maximum absolute atomic E-state index is 12.7. The number of carboxylic acid groups (broad SMARTS) is 2. The first-order valence-electron chi connectivity index (χ1n) is 9.60. The summed E-state index contributed by atoms with van der Waals surface area (Å²) in [5.41, 5.74) is 5.23. The van der Waals surface area contributed by atoms with E-state index in [1.165, 1.54) is 11.8 Å². The molecule has 3 amide bonds. The van der Waals surface area contributed by atoms with Crippen LogP contribution in [0.3, 0.4) is 0 Å². The fraction of sp³-hybridized carbons (Fsp3) is 0.722. The van der Waals surface area contributed by atoms with E-state index in [-0.39, 0.29) is 31.7 Å². The number of amides is 3. The lowest BCUT2D eigenvalue weighted by atomic mass is 9.98. The molecular weight excluding hydrogens is 416 g/mol. The molecule has 11 nitrogen and oxygen atoms in total. The highest BCUT2D eigenvalue weighted by molar-refractivity contribution is 7.98. The minimum Gasteiger partial charge on any atom is -0.481 e. The van der Waals surface area contributed by atoms with Crippen molar-refractivity contribution in [1.29, 1.82) is 0 Å². The van der Waals surface area contributed by atoms with Crippen LogP contribution in [0.1, 0.15) is 39.5 Å². The summed E-state index contributed by atoms with van der Waals surface area (Å²) in [6.45, 7) is 3.11. The third-order valence-electron chi connectivity index (χ3n) is 4.50. The van der Waals surface area contributed by atoms with Crippen LogP contribution in [0.25, 0.3) is 0 Å². The molecule has 0 aliphatic rings. The number of hydrogen-bond acceptors (Lipinski definition) is 7. The first kappa shape index (κ1) is 27.7. The van der Waals surface area contributed by atoms with Crippen LogP contribution < -0.4 is 21.7 Å². The molecule has 30 heavy (non-hydrogen) atoms. The van der Waals surface area contributed by atoms with Crippen LogP contribution in [0.5, 0.6) is 0 Å². The minimum atomic E-state index is -1.19. The van der Waals surface area contributed by atoms with Crippen molar-refractivity contribution in [3.63, 3.8) is 0 Å². The first-order valence-corrected chi connectivity index (χ1v) is 11.0. The average Bonchev–Trinajstić information content (AvgIpc) is 2.70. The second kappa shape index (κ2) is 14.6. The van der Waals surface area contributed by atoms with Crippen LogP contribution in [-0.4, -0.2) is 76.6 Å². The molecule has 7 N–H and O–H groups in total. The highest BCUT2D eigenvalue weighted by Crippen LogP contribution is 2.10. The van der Waals surface area contributed by atoms with Crippen LogP contribution >= 0.6 is 11.8 Å². The fourth-order valence-electron chi connectivity index (χ4n) is 2.50. The molecule has 4 atom stereocenters. The number of carboxylic acids is 2. The summed E-state index contributed by atoms with van der Waals surface area (Å²) in [5, 5.41) is 25.5. The smallest absolute Gasteiger partial charge is 0.326 e.